The Hall–Kier alpha value is -3.20. The number of carbonyl (C=O) groups is 1. The summed E-state index contributed by atoms with van der Waals surface area (Å²) in [5.74, 6) is 1.62. The molecule has 0 bridgehead atoms. The first kappa shape index (κ1) is 23.9. The molecule has 0 heterocycles. The topological polar surface area (TPSA) is 29.1 Å². The molecule has 38 heavy (non-hydrogen) atoms. The molecule has 4 aliphatic carbocycles. The Labute approximate surface area is 225 Å². The molecule has 7 rings (SSSR count). The van der Waals surface area contributed by atoms with E-state index in [1.54, 1.807) is 0 Å². The molecule has 3 fully saturated rings. The molecule has 2 nitrogen and oxygen atoms in total. The summed E-state index contributed by atoms with van der Waals surface area (Å²) < 4.78 is 14.3. The number of allylic oxidation sites excluding steroid dienone is 1. The minimum Gasteiger partial charge on any atom is -0.323 e. The maximum Gasteiger partial charge on any atom is 0.262 e. The molecule has 3 saturated carbocycles. The van der Waals surface area contributed by atoms with Gasteiger partial charge in [0.1, 0.15) is 0 Å². The fraction of sp³-hybridized carbons (Fsp3) is 0.400. The van der Waals surface area contributed by atoms with Crippen LogP contribution in [-0.4, -0.2) is 11.6 Å². The van der Waals surface area contributed by atoms with Crippen LogP contribution in [0.25, 0.3) is 11.1 Å². The molecule has 3 aromatic carbocycles. The summed E-state index contributed by atoms with van der Waals surface area (Å²) in [5, 5.41) is 2.85. The highest BCUT2D eigenvalue weighted by Gasteiger charge is 2.50. The second kappa shape index (κ2) is 8.93. The Balaban J connectivity index is 1.37. The summed E-state index contributed by atoms with van der Waals surface area (Å²) in [5.41, 5.74) is 11.2. The van der Waals surface area contributed by atoms with E-state index in [9.17, 15) is 9.18 Å². The van der Waals surface area contributed by atoms with Crippen LogP contribution in [-0.2, 0) is 11.2 Å². The number of anilines is 1. The normalized spacial score (nSPS) is 23.4. The van der Waals surface area contributed by atoms with Gasteiger partial charge in [0.25, 0.3) is 5.91 Å². The highest BCUT2D eigenvalue weighted by molar-refractivity contribution is 6.02. The smallest absolute Gasteiger partial charge is 0.262 e. The summed E-state index contributed by atoms with van der Waals surface area (Å²) in [4.78, 5) is 12.4. The number of halogens is 1. The van der Waals surface area contributed by atoms with E-state index in [0.717, 1.165) is 31.1 Å². The van der Waals surface area contributed by atoms with Crippen LogP contribution in [0.2, 0.25) is 0 Å². The van der Waals surface area contributed by atoms with E-state index in [4.69, 9.17) is 0 Å². The maximum absolute atomic E-state index is 14.3. The van der Waals surface area contributed by atoms with Crippen LogP contribution in [0.3, 0.4) is 0 Å². The Morgan fingerprint density at radius 1 is 0.947 bits per heavy atom. The van der Waals surface area contributed by atoms with Crippen molar-refractivity contribution in [3.8, 4) is 0 Å². The van der Waals surface area contributed by atoms with Crippen molar-refractivity contribution in [2.24, 2.45) is 5.92 Å². The van der Waals surface area contributed by atoms with Gasteiger partial charge in [-0.2, -0.15) is 0 Å². The molecule has 4 aliphatic rings. The Kier molecular flexibility index (Phi) is 5.61. The summed E-state index contributed by atoms with van der Waals surface area (Å²) >= 11 is 0. The van der Waals surface area contributed by atoms with Crippen LogP contribution < -0.4 is 5.32 Å². The average molecular weight is 506 g/mol. The molecule has 3 heteroatoms. The van der Waals surface area contributed by atoms with Crippen molar-refractivity contribution >= 4 is 22.7 Å². The van der Waals surface area contributed by atoms with E-state index < -0.39 is 11.6 Å². The van der Waals surface area contributed by atoms with E-state index in [1.165, 1.54) is 69.4 Å². The summed E-state index contributed by atoms with van der Waals surface area (Å²) in [6.07, 6.45) is 7.53. The third-order valence-corrected chi connectivity index (χ3v) is 9.19. The lowest BCUT2D eigenvalue weighted by Crippen LogP contribution is -2.25. The molecule has 0 radical (unpaired) electrons. The fourth-order valence-electron chi connectivity index (χ4n) is 6.40. The van der Waals surface area contributed by atoms with Crippen LogP contribution in [0.5, 0.6) is 0 Å². The van der Waals surface area contributed by atoms with Crippen LogP contribution in [0.4, 0.5) is 10.1 Å². The molecule has 0 aliphatic heterocycles. The number of carbonyl (C=O) groups excluding carboxylic acids is 1. The van der Waals surface area contributed by atoms with Crippen molar-refractivity contribution in [2.75, 3.05) is 5.32 Å². The Morgan fingerprint density at radius 3 is 2.37 bits per heavy atom. The minimum atomic E-state index is -1.67. The summed E-state index contributed by atoms with van der Waals surface area (Å²) in [6.45, 7) is 4.57. The Bertz CT molecular complexity index is 1460. The minimum absolute atomic E-state index is 0.329. The number of aryl methyl sites for hydroxylation is 2. The molecule has 194 valence electrons. The zero-order chi connectivity index (χ0) is 26.0. The van der Waals surface area contributed by atoms with Gasteiger partial charge in [-0.05, 0) is 133 Å². The second-order valence-electron chi connectivity index (χ2n) is 12.3. The quantitative estimate of drug-likeness (QED) is 0.356. The zero-order valence-corrected chi connectivity index (χ0v) is 22.4. The van der Waals surface area contributed by atoms with Gasteiger partial charge < -0.3 is 5.32 Å². The van der Waals surface area contributed by atoms with Crippen molar-refractivity contribution in [2.45, 2.75) is 82.7 Å². The van der Waals surface area contributed by atoms with E-state index in [1.807, 2.05) is 6.07 Å². The van der Waals surface area contributed by atoms with Crippen LogP contribution in [0, 0.1) is 12.8 Å². The first-order valence-corrected chi connectivity index (χ1v) is 14.5. The van der Waals surface area contributed by atoms with Gasteiger partial charge in [0.2, 0.25) is 0 Å². The highest BCUT2D eigenvalue weighted by Crippen LogP contribution is 2.51. The summed E-state index contributed by atoms with van der Waals surface area (Å²) in [7, 11) is 0. The van der Waals surface area contributed by atoms with Crippen molar-refractivity contribution in [1.82, 2.24) is 0 Å². The molecular weight excluding hydrogens is 469 g/mol. The third-order valence-electron chi connectivity index (χ3n) is 9.19. The lowest BCUT2D eigenvalue weighted by Gasteiger charge is -2.20. The number of rotatable bonds is 6. The number of nitrogens with one attached hydrogen (secondary N) is 1. The van der Waals surface area contributed by atoms with Gasteiger partial charge >= 0.3 is 0 Å². The van der Waals surface area contributed by atoms with Crippen molar-refractivity contribution in [1.29, 1.82) is 0 Å². The molecule has 2 atom stereocenters. The molecule has 1 amide bonds. The first-order valence-electron chi connectivity index (χ1n) is 14.5. The maximum atomic E-state index is 14.3. The highest BCUT2D eigenvalue weighted by atomic mass is 19.1. The van der Waals surface area contributed by atoms with Gasteiger partial charge in [0, 0.05) is 5.69 Å². The second-order valence-corrected chi connectivity index (χ2v) is 12.3. The van der Waals surface area contributed by atoms with Gasteiger partial charge in [-0.3, -0.25) is 4.79 Å². The van der Waals surface area contributed by atoms with Crippen LogP contribution >= 0.6 is 0 Å². The molecule has 0 spiro atoms. The first-order chi connectivity index (χ1) is 18.4. The van der Waals surface area contributed by atoms with E-state index in [2.05, 4.69) is 73.8 Å². The number of fused-ring (bicyclic) bond motifs is 1. The molecule has 3 aromatic rings. The Morgan fingerprint density at radius 2 is 1.68 bits per heavy atom. The van der Waals surface area contributed by atoms with Crippen LogP contribution in [0.1, 0.15) is 103 Å². The van der Waals surface area contributed by atoms with E-state index in [-0.39, 0.29) is 0 Å². The zero-order valence-electron chi connectivity index (χ0n) is 22.4. The van der Waals surface area contributed by atoms with E-state index >= 15 is 0 Å². The van der Waals surface area contributed by atoms with Crippen molar-refractivity contribution < 1.29 is 9.18 Å². The standard InChI is InChI=1S/C35H36FNO/c1-21-6-14-29(32(18-21)31-19-22(31)2)30-5-3-4-26-20-27(37-34(38)35(36)16-17-35)13-15-28(26)33(30)25-11-9-24(10-12-25)23-7-8-23/h6,9-15,18,20,22-23,31H,3-5,7-8,16-17,19H2,1-2H3,(H,37,38). The average Bonchev–Trinajstić information content (AvgIpc) is 3.77. The number of alkyl halides is 1. The van der Waals surface area contributed by atoms with Crippen molar-refractivity contribution in [3.63, 3.8) is 0 Å². The number of benzene rings is 3. The van der Waals surface area contributed by atoms with Gasteiger partial charge in [-0.1, -0.05) is 61.0 Å². The number of hydrogen-bond donors (Lipinski definition) is 1. The third kappa shape index (κ3) is 4.40. The van der Waals surface area contributed by atoms with Gasteiger partial charge in [0.15, 0.2) is 5.67 Å². The predicted octanol–water partition coefficient (Wildman–Crippen LogP) is 8.73. The van der Waals surface area contributed by atoms with E-state index in [0.29, 0.717) is 24.4 Å². The largest absolute Gasteiger partial charge is 0.323 e. The molecular formula is C35H36FNO. The monoisotopic (exact) mass is 505 g/mol. The van der Waals surface area contributed by atoms with Crippen molar-refractivity contribution in [3.05, 3.63) is 99.6 Å². The predicted molar refractivity (Wildman–Crippen MR) is 153 cm³/mol. The SMILES string of the molecule is Cc1ccc(C2=C(c3ccc(C4CC4)cc3)c3ccc(NC(=O)C4(F)CC4)cc3CCC2)c(C2CC2C)c1. The van der Waals surface area contributed by atoms with Gasteiger partial charge in [0.05, 0.1) is 0 Å². The van der Waals surface area contributed by atoms with Gasteiger partial charge in [-0.25, -0.2) is 4.39 Å². The number of hydrogen-bond acceptors (Lipinski definition) is 1. The van der Waals surface area contributed by atoms with Crippen LogP contribution in [0.15, 0.2) is 60.7 Å². The number of amides is 1. The molecule has 2 unspecified atom stereocenters. The molecule has 1 N–H and O–H groups in total. The van der Waals surface area contributed by atoms with Gasteiger partial charge in [-0.15, -0.1) is 0 Å². The molecule has 0 saturated heterocycles. The fourth-order valence-corrected chi connectivity index (χ4v) is 6.40. The lowest BCUT2D eigenvalue weighted by atomic mass is 9.84. The lowest BCUT2D eigenvalue weighted by molar-refractivity contribution is -0.122. The summed E-state index contributed by atoms with van der Waals surface area (Å²) in [6, 6.07) is 22.5. The molecule has 0 aromatic heterocycles.